The van der Waals surface area contributed by atoms with E-state index < -0.39 is 51.3 Å². The van der Waals surface area contributed by atoms with Crippen molar-refractivity contribution in [1.82, 2.24) is 14.8 Å². The van der Waals surface area contributed by atoms with E-state index in [1.807, 2.05) is 49.2 Å². The number of piperidine rings is 2. The minimum absolute atomic E-state index is 0.0156. The second-order valence-electron chi connectivity index (χ2n) is 17.9. The number of benzene rings is 2. The average molecular weight is 767 g/mol. The molecule has 2 N–H and O–H groups in total. The van der Waals surface area contributed by atoms with Crippen LogP contribution in [0.3, 0.4) is 0 Å². The number of likely N-dealkylation sites (N-methyl/N-ethyl adjacent to an activating group) is 1. The van der Waals surface area contributed by atoms with Crippen molar-refractivity contribution >= 4 is 34.4 Å². The number of rotatable bonds is 6. The number of hydrogen-bond acceptors (Lipinski definition) is 10. The molecule has 10 atom stereocenters. The van der Waals surface area contributed by atoms with E-state index in [1.54, 1.807) is 7.11 Å². The molecule has 12 nitrogen and oxygen atoms in total. The predicted molar refractivity (Wildman–Crippen MR) is 207 cm³/mol. The first-order chi connectivity index (χ1) is 26.9. The molecular formula is C44H54N4O8. The van der Waals surface area contributed by atoms with Crippen molar-refractivity contribution in [2.24, 2.45) is 11.3 Å². The van der Waals surface area contributed by atoms with Crippen LogP contribution in [-0.4, -0.2) is 108 Å². The molecular weight excluding hydrogens is 713 g/mol. The van der Waals surface area contributed by atoms with Crippen LogP contribution in [0.25, 0.3) is 10.9 Å². The van der Waals surface area contributed by atoms with Crippen LogP contribution in [0.15, 0.2) is 42.5 Å². The maximum Gasteiger partial charge on any atom is 0.340 e. The largest absolute Gasteiger partial charge is 0.497 e. The summed E-state index contributed by atoms with van der Waals surface area (Å²) in [7, 11) is 6.54. The number of H-pyrrole nitrogens is 1. The molecule has 0 radical (unpaired) electrons. The van der Waals surface area contributed by atoms with Gasteiger partial charge in [0.05, 0.1) is 38.8 Å². The highest BCUT2D eigenvalue weighted by molar-refractivity contribution is 5.94. The van der Waals surface area contributed by atoms with Crippen LogP contribution in [0, 0.1) is 11.3 Å². The lowest BCUT2D eigenvalue weighted by molar-refractivity contribution is -0.221. The summed E-state index contributed by atoms with van der Waals surface area (Å²) in [6, 6.07) is 13.0. The molecule has 7 aliphatic rings. The third kappa shape index (κ3) is 3.89. The molecule has 10 rings (SSSR count). The number of anilines is 1. The van der Waals surface area contributed by atoms with E-state index in [1.165, 1.54) is 14.2 Å². The van der Waals surface area contributed by atoms with Gasteiger partial charge in [-0.25, -0.2) is 4.79 Å². The fourth-order valence-corrected chi connectivity index (χ4v) is 14.1. The summed E-state index contributed by atoms with van der Waals surface area (Å²) in [5.74, 6) is -0.188. The van der Waals surface area contributed by atoms with Crippen LogP contribution in [0.5, 0.6) is 5.75 Å². The van der Waals surface area contributed by atoms with Crippen LogP contribution in [0.4, 0.5) is 5.69 Å². The van der Waals surface area contributed by atoms with E-state index in [2.05, 4.69) is 33.8 Å². The van der Waals surface area contributed by atoms with E-state index in [0.717, 1.165) is 39.8 Å². The molecule has 3 aromatic rings. The SMILES string of the molecule is CCC1(O)CCC2CN1CCc1c([nH]c3ccccc13)[C@@](C(=O)OC)(C1CC34c5ccc(OC)cc5N(C)[C@H]3[C@@]3(C(=O)OC)C[C@]5(CC)CCC(=O)N1[C@@]45O3)C2. The van der Waals surface area contributed by atoms with E-state index in [0.29, 0.717) is 70.2 Å². The number of nitrogens with one attached hydrogen (secondary N) is 1. The zero-order valence-corrected chi connectivity index (χ0v) is 33.4. The Labute approximate surface area is 327 Å². The number of nitrogens with zero attached hydrogens (tertiary/aromatic N) is 3. The molecule has 5 unspecified atom stereocenters. The molecule has 12 heteroatoms. The molecule has 7 aliphatic heterocycles. The number of esters is 2. The van der Waals surface area contributed by atoms with Gasteiger partial charge in [-0.3, -0.25) is 14.5 Å². The highest BCUT2D eigenvalue weighted by Crippen LogP contribution is 2.81. The van der Waals surface area contributed by atoms with Crippen LogP contribution in [0.2, 0.25) is 0 Å². The minimum Gasteiger partial charge on any atom is -0.497 e. The molecule has 56 heavy (non-hydrogen) atoms. The van der Waals surface area contributed by atoms with Crippen molar-refractivity contribution in [1.29, 1.82) is 0 Å². The maximum atomic E-state index is 15.5. The number of amides is 1. The monoisotopic (exact) mass is 766 g/mol. The van der Waals surface area contributed by atoms with Crippen molar-refractivity contribution in [2.75, 3.05) is 46.4 Å². The number of aromatic nitrogens is 1. The zero-order valence-electron chi connectivity index (χ0n) is 33.4. The fraction of sp³-hybridized carbons (Fsp3) is 0.614. The topological polar surface area (TPSA) is 134 Å². The van der Waals surface area contributed by atoms with Gasteiger partial charge < -0.3 is 38.8 Å². The Bertz CT molecular complexity index is 2190. The summed E-state index contributed by atoms with van der Waals surface area (Å²) in [5.41, 5.74) is -1.81. The van der Waals surface area contributed by atoms with Crippen molar-refractivity contribution in [3.8, 4) is 5.75 Å². The van der Waals surface area contributed by atoms with Gasteiger partial charge in [0.2, 0.25) is 5.91 Å². The lowest BCUT2D eigenvalue weighted by atomic mass is 9.49. The number of aliphatic hydroxyl groups is 1. The summed E-state index contributed by atoms with van der Waals surface area (Å²) in [5, 5.41) is 13.0. The zero-order chi connectivity index (χ0) is 39.2. The molecule has 0 saturated carbocycles. The van der Waals surface area contributed by atoms with E-state index in [9.17, 15) is 9.90 Å². The molecule has 2 spiro atoms. The number of methoxy groups -OCH3 is 3. The van der Waals surface area contributed by atoms with Crippen LogP contribution >= 0.6 is 0 Å². The average Bonchev–Trinajstić information content (AvgIpc) is 3.97. The van der Waals surface area contributed by atoms with Crippen LogP contribution < -0.4 is 9.64 Å². The normalized spacial score (nSPS) is 40.3. The molecule has 5 fully saturated rings. The Morgan fingerprint density at radius 1 is 1.00 bits per heavy atom. The summed E-state index contributed by atoms with van der Waals surface area (Å²) < 4.78 is 25.0. The standard InChI is InChI=1S/C44H54N4O8/c1-7-39-18-16-34(49)48-33(23-42-30-14-13-27(53-4)21-32(30)46(3)36(42)43(25-39,38(51)55-6)56-44(39,42)48)41(37(50)54-5)22-26-15-19-40(52,8-2)47(24-26)20-17-29-28-11-9-10-12-31(28)45-35(29)41/h9-14,21,26,33,36,45,52H,7-8,15-20,22-25H2,1-6H3/t26?,33?,36-,39+,40?,41+,42?,43-,44+/m1/s1. The molecule has 5 saturated heterocycles. The highest BCUT2D eigenvalue weighted by atomic mass is 16.6. The molecule has 2 aromatic carbocycles. The minimum atomic E-state index is -1.36. The van der Waals surface area contributed by atoms with E-state index >= 15 is 9.59 Å². The number of fused-ring (bicyclic) bond motifs is 8. The van der Waals surface area contributed by atoms with Gasteiger partial charge in [-0.05, 0) is 87.0 Å². The Morgan fingerprint density at radius 3 is 2.52 bits per heavy atom. The van der Waals surface area contributed by atoms with Gasteiger partial charge in [-0.2, -0.15) is 0 Å². The van der Waals surface area contributed by atoms with Gasteiger partial charge >= 0.3 is 11.9 Å². The molecule has 1 amide bonds. The Morgan fingerprint density at radius 2 is 1.79 bits per heavy atom. The van der Waals surface area contributed by atoms with E-state index in [4.69, 9.17) is 18.9 Å². The van der Waals surface area contributed by atoms with Crippen molar-refractivity contribution < 1.29 is 38.4 Å². The van der Waals surface area contributed by atoms with Gasteiger partial charge in [0.15, 0.2) is 11.3 Å². The summed E-state index contributed by atoms with van der Waals surface area (Å²) in [4.78, 5) is 55.5. The van der Waals surface area contributed by atoms with Gasteiger partial charge in [0.1, 0.15) is 16.9 Å². The first-order valence-electron chi connectivity index (χ1n) is 20.6. The molecule has 0 aliphatic carbocycles. The molecule has 8 heterocycles. The lowest BCUT2D eigenvalue weighted by Gasteiger charge is -2.59. The third-order valence-corrected chi connectivity index (χ3v) is 16.3. The highest BCUT2D eigenvalue weighted by Gasteiger charge is 2.94. The first kappa shape index (κ1) is 36.2. The lowest BCUT2D eigenvalue weighted by Crippen LogP contribution is -2.72. The number of ether oxygens (including phenoxy) is 4. The second kappa shape index (κ2) is 11.7. The Kier molecular flexibility index (Phi) is 7.59. The summed E-state index contributed by atoms with van der Waals surface area (Å²) >= 11 is 0. The van der Waals surface area contributed by atoms with Gasteiger partial charge in [0, 0.05) is 60.3 Å². The number of carbonyl (C=O) groups excluding carboxylic acids is 3. The third-order valence-electron chi connectivity index (χ3n) is 16.3. The Hall–Kier alpha value is -4.13. The number of hydrogen-bond donors (Lipinski definition) is 2. The smallest absolute Gasteiger partial charge is 0.340 e. The quantitative estimate of drug-likeness (QED) is 0.333. The second-order valence-corrected chi connectivity index (χ2v) is 17.9. The molecule has 298 valence electrons. The summed E-state index contributed by atoms with van der Waals surface area (Å²) in [6.07, 6.45) is 5.20. The number of carbonyl (C=O) groups is 3. The summed E-state index contributed by atoms with van der Waals surface area (Å²) in [6.45, 7) is 5.44. The Balaban J connectivity index is 1.29. The van der Waals surface area contributed by atoms with Crippen molar-refractivity contribution in [2.45, 2.75) is 118 Å². The predicted octanol–water partition coefficient (Wildman–Crippen LogP) is 4.93. The molecule has 4 bridgehead atoms. The van der Waals surface area contributed by atoms with Crippen LogP contribution in [0.1, 0.15) is 88.5 Å². The van der Waals surface area contributed by atoms with Crippen molar-refractivity contribution in [3.05, 3.63) is 59.3 Å². The first-order valence-corrected chi connectivity index (χ1v) is 20.6. The maximum absolute atomic E-state index is 15.5. The fourth-order valence-electron chi connectivity index (χ4n) is 14.1. The van der Waals surface area contributed by atoms with Crippen LogP contribution in [-0.2, 0) is 45.8 Å². The van der Waals surface area contributed by atoms with Gasteiger partial charge in [-0.15, -0.1) is 0 Å². The van der Waals surface area contributed by atoms with E-state index in [-0.39, 0.29) is 24.2 Å². The van der Waals surface area contributed by atoms with Gasteiger partial charge in [0.25, 0.3) is 0 Å². The number of aromatic amines is 1. The van der Waals surface area contributed by atoms with Gasteiger partial charge in [-0.1, -0.05) is 38.1 Å². The number of para-hydroxylation sites is 1. The van der Waals surface area contributed by atoms with Crippen molar-refractivity contribution in [3.63, 3.8) is 0 Å². The molecule has 1 aromatic heterocycles.